The Balaban J connectivity index is 1.64. The van der Waals surface area contributed by atoms with Crippen LogP contribution in [0.3, 0.4) is 0 Å². The van der Waals surface area contributed by atoms with Gasteiger partial charge in [-0.1, -0.05) is 37.4 Å². The number of nitrogens with zero attached hydrogens (tertiary/aromatic N) is 1. The van der Waals surface area contributed by atoms with Crippen molar-refractivity contribution in [2.24, 2.45) is 5.92 Å². The van der Waals surface area contributed by atoms with Crippen molar-refractivity contribution in [2.45, 2.75) is 44.8 Å². The van der Waals surface area contributed by atoms with Crippen LogP contribution in [0.1, 0.15) is 38.2 Å². The van der Waals surface area contributed by atoms with Gasteiger partial charge in [0.1, 0.15) is 24.5 Å². The smallest absolute Gasteiger partial charge is 0.326 e. The van der Waals surface area contributed by atoms with E-state index in [1.165, 1.54) is 18.2 Å². The van der Waals surface area contributed by atoms with Crippen molar-refractivity contribution in [3.8, 4) is 0 Å². The molecular formula is C18H20ClFN2O4. The molecule has 0 aromatic heterocycles. The molecule has 0 bridgehead atoms. The molecular weight excluding hydrogens is 363 g/mol. The largest absolute Gasteiger partial charge is 0.459 e. The molecule has 6 nitrogen and oxygen atoms in total. The van der Waals surface area contributed by atoms with Crippen molar-refractivity contribution in [3.05, 3.63) is 34.6 Å². The molecule has 2 fully saturated rings. The minimum Gasteiger partial charge on any atom is -0.459 e. The first-order valence-corrected chi connectivity index (χ1v) is 8.95. The van der Waals surface area contributed by atoms with Gasteiger partial charge in [0.15, 0.2) is 0 Å². The molecule has 1 aliphatic heterocycles. The summed E-state index contributed by atoms with van der Waals surface area (Å²) in [4.78, 5) is 38.0. The van der Waals surface area contributed by atoms with Gasteiger partial charge in [-0.15, -0.1) is 0 Å². The predicted octanol–water partition coefficient (Wildman–Crippen LogP) is 3.02. The maximum absolute atomic E-state index is 13.7. The van der Waals surface area contributed by atoms with Crippen LogP contribution in [0.25, 0.3) is 0 Å². The van der Waals surface area contributed by atoms with Gasteiger partial charge in [0.2, 0.25) is 0 Å². The molecule has 1 aromatic carbocycles. The zero-order valence-corrected chi connectivity index (χ0v) is 15.1. The Morgan fingerprint density at radius 3 is 2.88 bits per heavy atom. The highest BCUT2D eigenvalue weighted by molar-refractivity contribution is 6.31. The number of esters is 1. The fourth-order valence-corrected chi connectivity index (χ4v) is 3.85. The quantitative estimate of drug-likeness (QED) is 0.641. The van der Waals surface area contributed by atoms with E-state index in [4.69, 9.17) is 16.3 Å². The second-order valence-electron chi connectivity index (χ2n) is 6.80. The molecule has 1 aliphatic carbocycles. The lowest BCUT2D eigenvalue weighted by molar-refractivity contribution is -0.149. The number of amides is 3. The fraction of sp³-hybridized carbons (Fsp3) is 0.500. The third-order valence-electron chi connectivity index (χ3n) is 5.23. The van der Waals surface area contributed by atoms with Crippen LogP contribution in [0, 0.1) is 11.7 Å². The number of rotatable bonds is 4. The van der Waals surface area contributed by atoms with Gasteiger partial charge in [0.25, 0.3) is 5.91 Å². The van der Waals surface area contributed by atoms with E-state index in [2.05, 4.69) is 5.32 Å². The maximum atomic E-state index is 13.7. The third kappa shape index (κ3) is 3.28. The summed E-state index contributed by atoms with van der Waals surface area (Å²) >= 11 is 5.88. The van der Waals surface area contributed by atoms with Crippen molar-refractivity contribution < 1.29 is 23.5 Å². The number of nitrogens with one attached hydrogen (secondary N) is 1. The monoisotopic (exact) mass is 382 g/mol. The molecule has 8 heteroatoms. The number of carbonyl (C=O) groups excluding carboxylic acids is 3. The van der Waals surface area contributed by atoms with Gasteiger partial charge in [-0.05, 0) is 30.9 Å². The number of halogens is 2. The Kier molecular flexibility index (Phi) is 5.18. The minimum absolute atomic E-state index is 0.00550. The van der Waals surface area contributed by atoms with Crippen molar-refractivity contribution in [2.75, 3.05) is 6.54 Å². The zero-order chi connectivity index (χ0) is 18.9. The summed E-state index contributed by atoms with van der Waals surface area (Å²) in [6.07, 6.45) is 3.27. The summed E-state index contributed by atoms with van der Waals surface area (Å²) in [5.41, 5.74) is -0.873. The number of carbonyl (C=O) groups is 3. The number of ether oxygens (including phenoxy) is 1. The van der Waals surface area contributed by atoms with E-state index in [9.17, 15) is 18.8 Å². The molecule has 1 saturated carbocycles. The summed E-state index contributed by atoms with van der Waals surface area (Å²) in [5, 5.41) is 2.91. The summed E-state index contributed by atoms with van der Waals surface area (Å²) in [6, 6.07) is 3.55. The van der Waals surface area contributed by atoms with Crippen LogP contribution in [0.4, 0.5) is 9.18 Å². The summed E-state index contributed by atoms with van der Waals surface area (Å²) < 4.78 is 18.7. The minimum atomic E-state index is -0.926. The number of benzene rings is 1. The van der Waals surface area contributed by atoms with Crippen LogP contribution in [0.5, 0.6) is 0 Å². The Morgan fingerprint density at radius 2 is 2.19 bits per heavy atom. The van der Waals surface area contributed by atoms with E-state index in [0.29, 0.717) is 6.42 Å². The summed E-state index contributed by atoms with van der Waals surface area (Å²) in [7, 11) is 0. The van der Waals surface area contributed by atoms with E-state index in [1.807, 2.05) is 6.92 Å². The third-order valence-corrected chi connectivity index (χ3v) is 5.58. The van der Waals surface area contributed by atoms with Gasteiger partial charge >= 0.3 is 12.0 Å². The fourth-order valence-electron chi connectivity index (χ4n) is 3.64. The second-order valence-corrected chi connectivity index (χ2v) is 7.21. The van der Waals surface area contributed by atoms with E-state index in [1.54, 1.807) is 0 Å². The van der Waals surface area contributed by atoms with E-state index in [0.717, 1.165) is 24.2 Å². The molecule has 1 heterocycles. The second kappa shape index (κ2) is 7.23. The van der Waals surface area contributed by atoms with Gasteiger partial charge in [0, 0.05) is 5.56 Å². The zero-order valence-electron chi connectivity index (χ0n) is 14.4. The topological polar surface area (TPSA) is 75.7 Å². The lowest BCUT2D eigenvalue weighted by Gasteiger charge is -2.36. The van der Waals surface area contributed by atoms with Crippen LogP contribution in [-0.2, 0) is 20.9 Å². The molecule has 0 unspecified atom stereocenters. The SMILES string of the molecule is C[C@H]1CCCC[C@@]12NC(=O)N(CC(=O)OCc1c(F)cccc1Cl)C2=O. The van der Waals surface area contributed by atoms with Gasteiger partial charge in [-0.2, -0.15) is 0 Å². The van der Waals surface area contributed by atoms with Gasteiger partial charge < -0.3 is 10.1 Å². The molecule has 2 aliphatic rings. The predicted molar refractivity (Wildman–Crippen MR) is 91.8 cm³/mol. The van der Waals surface area contributed by atoms with Crippen LogP contribution < -0.4 is 5.32 Å². The molecule has 0 radical (unpaired) electrons. The molecule has 2 atom stereocenters. The molecule has 1 aromatic rings. The number of hydrogen-bond acceptors (Lipinski definition) is 4. The van der Waals surface area contributed by atoms with Gasteiger partial charge in [-0.25, -0.2) is 9.18 Å². The average Bonchev–Trinajstić information content (AvgIpc) is 2.82. The summed E-state index contributed by atoms with van der Waals surface area (Å²) in [6.45, 7) is 1.06. The first-order chi connectivity index (χ1) is 12.3. The molecule has 3 amide bonds. The summed E-state index contributed by atoms with van der Waals surface area (Å²) in [5.74, 6) is -1.77. The van der Waals surface area contributed by atoms with E-state index in [-0.39, 0.29) is 23.1 Å². The van der Waals surface area contributed by atoms with E-state index < -0.39 is 35.8 Å². The number of urea groups is 1. The first-order valence-electron chi connectivity index (χ1n) is 8.58. The van der Waals surface area contributed by atoms with Crippen LogP contribution in [0.2, 0.25) is 5.02 Å². The van der Waals surface area contributed by atoms with Crippen LogP contribution in [0.15, 0.2) is 18.2 Å². The number of imide groups is 1. The molecule has 3 rings (SSSR count). The number of hydrogen-bond donors (Lipinski definition) is 1. The molecule has 1 spiro atoms. The first kappa shape index (κ1) is 18.6. The lowest BCUT2D eigenvalue weighted by Crippen LogP contribution is -2.54. The molecule has 140 valence electrons. The van der Waals surface area contributed by atoms with Crippen molar-refractivity contribution in [1.82, 2.24) is 10.2 Å². The van der Waals surface area contributed by atoms with Crippen molar-refractivity contribution in [3.63, 3.8) is 0 Å². The average molecular weight is 383 g/mol. The molecule has 26 heavy (non-hydrogen) atoms. The highest BCUT2D eigenvalue weighted by atomic mass is 35.5. The normalized spacial score (nSPS) is 25.5. The Morgan fingerprint density at radius 1 is 1.42 bits per heavy atom. The Hall–Kier alpha value is -2.15. The molecule has 1 N–H and O–H groups in total. The van der Waals surface area contributed by atoms with Crippen molar-refractivity contribution in [1.29, 1.82) is 0 Å². The van der Waals surface area contributed by atoms with Crippen LogP contribution >= 0.6 is 11.6 Å². The van der Waals surface area contributed by atoms with Crippen molar-refractivity contribution >= 4 is 29.5 Å². The Labute approximate surface area is 155 Å². The van der Waals surface area contributed by atoms with E-state index >= 15 is 0 Å². The lowest BCUT2D eigenvalue weighted by atomic mass is 9.73. The maximum Gasteiger partial charge on any atom is 0.326 e. The standard InChI is InChI=1S/C18H20ClFN2O4/c1-11-5-2-3-8-18(11)16(24)22(17(25)21-18)9-15(23)26-10-12-13(19)6-4-7-14(12)20/h4,6-7,11H,2-3,5,8-10H2,1H3,(H,21,25)/t11-,18+/m0/s1. The van der Waals surface area contributed by atoms with Gasteiger partial charge in [-0.3, -0.25) is 14.5 Å². The molecule has 1 saturated heterocycles. The van der Waals surface area contributed by atoms with Gasteiger partial charge in [0.05, 0.1) is 5.02 Å². The highest BCUT2D eigenvalue weighted by Crippen LogP contribution is 2.38. The van der Waals surface area contributed by atoms with Crippen LogP contribution in [-0.4, -0.2) is 34.9 Å². The highest BCUT2D eigenvalue weighted by Gasteiger charge is 2.55. The Bertz CT molecular complexity index is 736.